The second-order valence-electron chi connectivity index (χ2n) is 6.73. The predicted molar refractivity (Wildman–Crippen MR) is 101 cm³/mol. The summed E-state index contributed by atoms with van der Waals surface area (Å²) in [6.45, 7) is 1.08. The van der Waals surface area contributed by atoms with Crippen molar-refractivity contribution in [3.05, 3.63) is 34.7 Å². The molecule has 2 atom stereocenters. The van der Waals surface area contributed by atoms with E-state index in [4.69, 9.17) is 0 Å². The number of likely N-dealkylation sites (tertiary alicyclic amines) is 1. The molecule has 27 heavy (non-hydrogen) atoms. The van der Waals surface area contributed by atoms with Gasteiger partial charge >= 0.3 is 6.18 Å². The molecule has 1 aromatic carbocycles. The summed E-state index contributed by atoms with van der Waals surface area (Å²) in [5.74, 6) is 0. The van der Waals surface area contributed by atoms with E-state index in [0.29, 0.717) is 39.9 Å². The van der Waals surface area contributed by atoms with Crippen molar-refractivity contribution in [3.63, 3.8) is 0 Å². The standard InChI is InChI=1S/C19H20F4N2OS/c1-25-8-7-15(14(20)11-25)24-16-5-2-4-12-13(10-19(21,22)23)17(6-3-9-26)27-18(12)16/h2-6,9,14-15,24H,7-8,10-11H2,1H3/b6-3+/t14-,15?/m0/s1. The number of carbonyl (C=O) groups is 1. The van der Waals surface area contributed by atoms with Crippen molar-refractivity contribution in [2.45, 2.75) is 31.2 Å². The maximum Gasteiger partial charge on any atom is 0.393 e. The Hall–Kier alpha value is -1.93. The highest BCUT2D eigenvalue weighted by Gasteiger charge is 2.32. The number of anilines is 1. The lowest BCUT2D eigenvalue weighted by atomic mass is 10.0. The minimum atomic E-state index is -4.36. The Labute approximate surface area is 158 Å². The smallest absolute Gasteiger partial charge is 0.378 e. The fourth-order valence-electron chi connectivity index (χ4n) is 3.37. The maximum atomic E-state index is 14.4. The monoisotopic (exact) mass is 400 g/mol. The molecule has 0 aliphatic carbocycles. The summed E-state index contributed by atoms with van der Waals surface area (Å²) in [5, 5.41) is 3.67. The molecule has 0 amide bonds. The highest BCUT2D eigenvalue weighted by Crippen LogP contribution is 2.40. The molecule has 1 saturated heterocycles. The summed E-state index contributed by atoms with van der Waals surface area (Å²) in [6, 6.07) is 4.69. The van der Waals surface area contributed by atoms with E-state index < -0.39 is 18.8 Å². The minimum Gasteiger partial charge on any atom is -0.378 e. The Morgan fingerprint density at radius 1 is 1.37 bits per heavy atom. The van der Waals surface area contributed by atoms with E-state index in [1.54, 1.807) is 18.2 Å². The first-order valence-electron chi connectivity index (χ1n) is 8.60. The molecule has 1 N–H and O–H groups in total. The third-order valence-electron chi connectivity index (χ3n) is 4.64. The summed E-state index contributed by atoms with van der Waals surface area (Å²) in [7, 11) is 1.86. The Morgan fingerprint density at radius 2 is 2.15 bits per heavy atom. The lowest BCUT2D eigenvalue weighted by molar-refractivity contribution is -0.127. The van der Waals surface area contributed by atoms with E-state index in [2.05, 4.69) is 5.32 Å². The van der Waals surface area contributed by atoms with Crippen LogP contribution in [-0.4, -0.2) is 49.7 Å². The number of hydrogen-bond acceptors (Lipinski definition) is 4. The molecular formula is C19H20F4N2OS. The van der Waals surface area contributed by atoms with Crippen molar-refractivity contribution < 1.29 is 22.4 Å². The van der Waals surface area contributed by atoms with Crippen LogP contribution in [0.15, 0.2) is 24.3 Å². The van der Waals surface area contributed by atoms with E-state index >= 15 is 0 Å². The third-order valence-corrected chi connectivity index (χ3v) is 5.88. The van der Waals surface area contributed by atoms with Crippen LogP contribution in [0.2, 0.25) is 0 Å². The average Bonchev–Trinajstić information content (AvgIpc) is 2.92. The number of aldehydes is 1. The molecule has 1 unspecified atom stereocenters. The SMILES string of the molecule is CN1CCC(Nc2cccc3c(CC(F)(F)F)c(/C=C/C=O)sc23)[C@@H](F)C1. The highest BCUT2D eigenvalue weighted by atomic mass is 32.1. The van der Waals surface area contributed by atoms with Gasteiger partial charge in [0.05, 0.1) is 22.8 Å². The van der Waals surface area contributed by atoms with Gasteiger partial charge in [0.15, 0.2) is 0 Å². The van der Waals surface area contributed by atoms with Gasteiger partial charge in [-0.05, 0) is 42.6 Å². The molecule has 2 aromatic rings. The number of nitrogens with one attached hydrogen (secondary N) is 1. The molecule has 1 fully saturated rings. The summed E-state index contributed by atoms with van der Waals surface area (Å²) in [5.41, 5.74) is 0.772. The van der Waals surface area contributed by atoms with E-state index in [-0.39, 0.29) is 11.6 Å². The summed E-state index contributed by atoms with van der Waals surface area (Å²) < 4.78 is 54.2. The lowest BCUT2D eigenvalue weighted by Gasteiger charge is -2.33. The second-order valence-corrected chi connectivity index (χ2v) is 7.78. The lowest BCUT2D eigenvalue weighted by Crippen LogP contribution is -2.46. The van der Waals surface area contributed by atoms with E-state index in [1.165, 1.54) is 23.5 Å². The molecule has 1 aliphatic rings. The van der Waals surface area contributed by atoms with Crippen LogP contribution in [0.1, 0.15) is 16.9 Å². The summed E-state index contributed by atoms with van der Waals surface area (Å²) in [4.78, 5) is 12.9. The normalized spacial score (nSPS) is 21.8. The van der Waals surface area contributed by atoms with Crippen LogP contribution in [0, 0.1) is 0 Å². The zero-order chi connectivity index (χ0) is 19.6. The topological polar surface area (TPSA) is 32.3 Å². The molecule has 0 spiro atoms. The van der Waals surface area contributed by atoms with Gasteiger partial charge in [0.25, 0.3) is 0 Å². The first-order chi connectivity index (χ1) is 12.8. The zero-order valence-corrected chi connectivity index (χ0v) is 15.5. The molecule has 0 bridgehead atoms. The third kappa shape index (κ3) is 4.68. The van der Waals surface area contributed by atoms with Crippen molar-refractivity contribution in [1.82, 2.24) is 4.90 Å². The number of piperidine rings is 1. The van der Waals surface area contributed by atoms with Gasteiger partial charge in [0.1, 0.15) is 12.5 Å². The van der Waals surface area contributed by atoms with Gasteiger partial charge < -0.3 is 10.2 Å². The molecule has 0 radical (unpaired) electrons. The van der Waals surface area contributed by atoms with Crippen LogP contribution < -0.4 is 5.32 Å². The average molecular weight is 400 g/mol. The quantitative estimate of drug-likeness (QED) is 0.450. The molecule has 3 nitrogen and oxygen atoms in total. The predicted octanol–water partition coefficient (Wildman–Crippen LogP) is 4.67. The van der Waals surface area contributed by atoms with Gasteiger partial charge in [0, 0.05) is 18.0 Å². The number of benzene rings is 1. The molecule has 1 aliphatic heterocycles. The van der Waals surface area contributed by atoms with Crippen molar-refractivity contribution in [3.8, 4) is 0 Å². The Balaban J connectivity index is 2.00. The molecule has 3 rings (SSSR count). The number of rotatable bonds is 5. The van der Waals surface area contributed by atoms with Gasteiger partial charge in [-0.15, -0.1) is 11.3 Å². The van der Waals surface area contributed by atoms with Crippen molar-refractivity contribution in [1.29, 1.82) is 0 Å². The number of halogens is 4. The number of nitrogens with zero attached hydrogens (tertiary/aromatic N) is 1. The van der Waals surface area contributed by atoms with Gasteiger partial charge in [-0.1, -0.05) is 12.1 Å². The van der Waals surface area contributed by atoms with Crippen molar-refractivity contribution >= 4 is 39.5 Å². The first-order valence-corrected chi connectivity index (χ1v) is 9.42. The zero-order valence-electron chi connectivity index (χ0n) is 14.7. The summed E-state index contributed by atoms with van der Waals surface area (Å²) in [6.07, 6.45) is -2.75. The molecule has 146 valence electrons. The van der Waals surface area contributed by atoms with Crippen LogP contribution in [0.5, 0.6) is 0 Å². The molecule has 2 heterocycles. The van der Waals surface area contributed by atoms with Crippen LogP contribution in [0.25, 0.3) is 16.2 Å². The molecule has 1 aromatic heterocycles. The number of fused-ring (bicyclic) bond motifs is 1. The van der Waals surface area contributed by atoms with Gasteiger partial charge in [-0.2, -0.15) is 13.2 Å². The largest absolute Gasteiger partial charge is 0.393 e. The van der Waals surface area contributed by atoms with E-state index in [1.807, 2.05) is 11.9 Å². The van der Waals surface area contributed by atoms with E-state index in [9.17, 15) is 22.4 Å². The van der Waals surface area contributed by atoms with Crippen LogP contribution in [0.4, 0.5) is 23.2 Å². The minimum absolute atomic E-state index is 0.143. The Morgan fingerprint density at radius 3 is 2.81 bits per heavy atom. The fraction of sp³-hybridized carbons (Fsp3) is 0.421. The molecule has 8 heteroatoms. The van der Waals surface area contributed by atoms with Crippen LogP contribution >= 0.6 is 11.3 Å². The van der Waals surface area contributed by atoms with Gasteiger partial charge in [-0.3, -0.25) is 4.79 Å². The molecular weight excluding hydrogens is 380 g/mol. The Bertz CT molecular complexity index is 846. The van der Waals surface area contributed by atoms with Crippen LogP contribution in [-0.2, 0) is 11.2 Å². The fourth-order valence-corrected chi connectivity index (χ4v) is 4.58. The number of carbonyl (C=O) groups excluding carboxylic acids is 1. The highest BCUT2D eigenvalue weighted by molar-refractivity contribution is 7.20. The van der Waals surface area contributed by atoms with Crippen molar-refractivity contribution in [2.75, 3.05) is 25.5 Å². The number of thiophene rings is 1. The van der Waals surface area contributed by atoms with Crippen LogP contribution in [0.3, 0.4) is 0 Å². The Kier molecular flexibility index (Phi) is 5.86. The van der Waals surface area contributed by atoms with Gasteiger partial charge in [-0.25, -0.2) is 4.39 Å². The van der Waals surface area contributed by atoms with Gasteiger partial charge in [0.2, 0.25) is 0 Å². The summed E-state index contributed by atoms with van der Waals surface area (Å²) >= 11 is 1.18. The maximum absolute atomic E-state index is 14.4. The first kappa shape index (κ1) is 19.8. The number of alkyl halides is 4. The number of allylic oxidation sites excluding steroid dienone is 1. The van der Waals surface area contributed by atoms with Crippen molar-refractivity contribution in [2.24, 2.45) is 0 Å². The van der Waals surface area contributed by atoms with E-state index in [0.717, 1.165) is 6.54 Å². The number of hydrogen-bond donors (Lipinski definition) is 1. The molecule has 0 saturated carbocycles. The second kappa shape index (κ2) is 7.98.